The molecule has 1 aliphatic rings. The number of hydrogen-bond acceptors (Lipinski definition) is 4. The molecule has 0 aliphatic carbocycles. The highest BCUT2D eigenvalue weighted by atomic mass is 35.5. The molecule has 0 spiro atoms. The van der Waals surface area contributed by atoms with E-state index in [0.717, 1.165) is 0 Å². The summed E-state index contributed by atoms with van der Waals surface area (Å²) in [6.45, 7) is 0. The van der Waals surface area contributed by atoms with Gasteiger partial charge in [-0.3, -0.25) is 20.4 Å². The number of hydrazine groups is 1. The van der Waals surface area contributed by atoms with E-state index in [4.69, 9.17) is 11.6 Å². The van der Waals surface area contributed by atoms with E-state index >= 15 is 0 Å². The normalized spacial score (nSPS) is 19.6. The Kier molecular flexibility index (Phi) is 5.02. The van der Waals surface area contributed by atoms with Crippen molar-refractivity contribution in [3.8, 4) is 0 Å². The molecule has 1 aromatic carbocycles. The third-order valence-electron chi connectivity index (χ3n) is 3.33. The summed E-state index contributed by atoms with van der Waals surface area (Å²) in [6.07, 6.45) is -0.113. The van der Waals surface area contributed by atoms with Crippen LogP contribution >= 0.6 is 11.6 Å². The molecule has 0 unspecified atom stereocenters. The molecule has 0 bridgehead atoms. The van der Waals surface area contributed by atoms with Crippen LogP contribution in [-0.2, 0) is 25.8 Å². The maximum atomic E-state index is 13.5. The summed E-state index contributed by atoms with van der Waals surface area (Å²) in [6, 6.07) is 4.05. The third-order valence-corrected chi connectivity index (χ3v) is 5.45. The van der Waals surface area contributed by atoms with E-state index in [1.54, 1.807) is 0 Å². The van der Waals surface area contributed by atoms with Gasteiger partial charge in [-0.15, -0.1) is 0 Å². The van der Waals surface area contributed by atoms with Crippen LogP contribution in [0, 0.1) is 11.7 Å². The fraction of sp³-hybridized carbons (Fsp3) is 0.385. The quantitative estimate of drug-likeness (QED) is 0.782. The van der Waals surface area contributed by atoms with Gasteiger partial charge in [0.05, 0.1) is 23.8 Å². The van der Waals surface area contributed by atoms with Gasteiger partial charge in [-0.25, -0.2) is 12.8 Å². The molecule has 9 heteroatoms. The number of amides is 2. The molecule has 2 rings (SSSR count). The van der Waals surface area contributed by atoms with Crippen molar-refractivity contribution in [2.45, 2.75) is 12.8 Å². The van der Waals surface area contributed by atoms with Crippen LogP contribution in [0.2, 0.25) is 5.02 Å². The lowest BCUT2D eigenvalue weighted by Gasteiger charge is -2.11. The Labute approximate surface area is 131 Å². The van der Waals surface area contributed by atoms with Crippen molar-refractivity contribution in [3.63, 3.8) is 0 Å². The van der Waals surface area contributed by atoms with Gasteiger partial charge in [0.15, 0.2) is 9.84 Å². The Balaban J connectivity index is 1.87. The predicted molar refractivity (Wildman–Crippen MR) is 78.2 cm³/mol. The SMILES string of the molecule is O=C(Cc1c(F)cccc1Cl)NNC(=O)[C@H]1CCS(=O)(=O)C1. The first-order valence-corrected chi connectivity index (χ1v) is 8.70. The second kappa shape index (κ2) is 6.62. The van der Waals surface area contributed by atoms with E-state index in [-0.39, 0.29) is 34.9 Å². The Morgan fingerprint density at radius 2 is 2.05 bits per heavy atom. The number of halogens is 2. The third kappa shape index (κ3) is 4.17. The second-order valence-electron chi connectivity index (χ2n) is 5.01. The summed E-state index contributed by atoms with van der Waals surface area (Å²) >= 11 is 5.80. The highest BCUT2D eigenvalue weighted by Gasteiger charge is 2.33. The first-order chi connectivity index (χ1) is 10.3. The van der Waals surface area contributed by atoms with Crippen LogP contribution in [-0.4, -0.2) is 31.7 Å². The average molecular weight is 349 g/mol. The fourth-order valence-electron chi connectivity index (χ4n) is 2.14. The van der Waals surface area contributed by atoms with Gasteiger partial charge in [0, 0.05) is 10.6 Å². The van der Waals surface area contributed by atoms with Gasteiger partial charge in [0.1, 0.15) is 5.82 Å². The molecule has 2 amide bonds. The monoisotopic (exact) mass is 348 g/mol. The molecule has 120 valence electrons. The molecule has 1 aromatic rings. The van der Waals surface area contributed by atoms with E-state index in [1.807, 2.05) is 0 Å². The lowest BCUT2D eigenvalue weighted by molar-refractivity contribution is -0.130. The molecule has 22 heavy (non-hydrogen) atoms. The molecule has 1 atom stereocenters. The van der Waals surface area contributed by atoms with E-state index in [1.165, 1.54) is 18.2 Å². The highest BCUT2D eigenvalue weighted by molar-refractivity contribution is 7.91. The average Bonchev–Trinajstić information content (AvgIpc) is 2.81. The molecule has 1 aliphatic heterocycles. The zero-order valence-electron chi connectivity index (χ0n) is 11.4. The van der Waals surface area contributed by atoms with Crippen LogP contribution in [0.3, 0.4) is 0 Å². The summed E-state index contributed by atoms with van der Waals surface area (Å²) < 4.78 is 36.1. The zero-order valence-corrected chi connectivity index (χ0v) is 13.0. The highest BCUT2D eigenvalue weighted by Crippen LogP contribution is 2.19. The maximum Gasteiger partial charge on any atom is 0.242 e. The van der Waals surface area contributed by atoms with Gasteiger partial charge >= 0.3 is 0 Å². The van der Waals surface area contributed by atoms with Crippen molar-refractivity contribution in [2.75, 3.05) is 11.5 Å². The summed E-state index contributed by atoms with van der Waals surface area (Å²) in [5.74, 6) is -2.79. The van der Waals surface area contributed by atoms with Gasteiger partial charge in [-0.1, -0.05) is 17.7 Å². The number of rotatable bonds is 3. The van der Waals surface area contributed by atoms with Crippen LogP contribution in [0.5, 0.6) is 0 Å². The van der Waals surface area contributed by atoms with Crippen molar-refractivity contribution in [1.82, 2.24) is 10.9 Å². The smallest absolute Gasteiger partial charge is 0.242 e. The van der Waals surface area contributed by atoms with Crippen molar-refractivity contribution in [1.29, 1.82) is 0 Å². The molecule has 1 heterocycles. The lowest BCUT2D eigenvalue weighted by atomic mass is 10.1. The van der Waals surface area contributed by atoms with Crippen LogP contribution in [0.15, 0.2) is 18.2 Å². The van der Waals surface area contributed by atoms with E-state index < -0.39 is 33.4 Å². The lowest BCUT2D eigenvalue weighted by Crippen LogP contribution is -2.45. The minimum Gasteiger partial charge on any atom is -0.273 e. The number of sulfone groups is 1. The number of benzene rings is 1. The van der Waals surface area contributed by atoms with Gasteiger partial charge in [-0.2, -0.15) is 0 Å². The molecule has 1 saturated heterocycles. The Bertz CT molecular complexity index is 688. The van der Waals surface area contributed by atoms with Gasteiger partial charge in [0.25, 0.3) is 0 Å². The molecular formula is C13H14ClFN2O4S. The number of carbonyl (C=O) groups excluding carboxylic acids is 2. The first kappa shape index (κ1) is 16.7. The Hall–Kier alpha value is -1.67. The van der Waals surface area contributed by atoms with Crippen LogP contribution in [0.4, 0.5) is 4.39 Å². The van der Waals surface area contributed by atoms with E-state index in [9.17, 15) is 22.4 Å². The number of carbonyl (C=O) groups is 2. The largest absolute Gasteiger partial charge is 0.273 e. The summed E-state index contributed by atoms with van der Waals surface area (Å²) in [4.78, 5) is 23.4. The molecular weight excluding hydrogens is 335 g/mol. The standard InChI is InChI=1S/C13H14ClFN2O4S/c14-10-2-1-3-11(15)9(10)6-12(18)16-17-13(19)8-4-5-22(20,21)7-8/h1-3,8H,4-7H2,(H,16,18)(H,17,19)/t8-/m0/s1. The van der Waals surface area contributed by atoms with Crippen LogP contribution in [0.1, 0.15) is 12.0 Å². The molecule has 2 N–H and O–H groups in total. The van der Waals surface area contributed by atoms with Crippen molar-refractivity contribution in [3.05, 3.63) is 34.6 Å². The molecule has 0 radical (unpaired) electrons. The molecule has 6 nitrogen and oxygen atoms in total. The predicted octanol–water partition coefficient (Wildman–Crippen LogP) is 0.604. The fourth-order valence-corrected chi connectivity index (χ4v) is 4.11. The summed E-state index contributed by atoms with van der Waals surface area (Å²) in [5, 5.41) is 0.114. The zero-order chi connectivity index (χ0) is 16.3. The van der Waals surface area contributed by atoms with E-state index in [2.05, 4.69) is 10.9 Å². The number of nitrogens with one attached hydrogen (secondary N) is 2. The second-order valence-corrected chi connectivity index (χ2v) is 7.65. The summed E-state index contributed by atoms with van der Waals surface area (Å²) in [7, 11) is -3.18. The maximum absolute atomic E-state index is 13.5. The minimum absolute atomic E-state index is 0.0272. The minimum atomic E-state index is -3.18. The molecule has 1 fully saturated rings. The van der Waals surface area contributed by atoms with Gasteiger partial charge in [-0.05, 0) is 18.6 Å². The van der Waals surface area contributed by atoms with Crippen molar-refractivity contribution < 1.29 is 22.4 Å². The van der Waals surface area contributed by atoms with Crippen molar-refractivity contribution >= 4 is 33.3 Å². The van der Waals surface area contributed by atoms with E-state index in [0.29, 0.717) is 0 Å². The molecule has 0 aromatic heterocycles. The van der Waals surface area contributed by atoms with Crippen LogP contribution in [0.25, 0.3) is 0 Å². The first-order valence-electron chi connectivity index (χ1n) is 6.50. The molecule has 0 saturated carbocycles. The topological polar surface area (TPSA) is 92.3 Å². The number of hydrogen-bond donors (Lipinski definition) is 2. The summed E-state index contributed by atoms with van der Waals surface area (Å²) in [5.41, 5.74) is 4.31. The Morgan fingerprint density at radius 1 is 1.32 bits per heavy atom. The van der Waals surface area contributed by atoms with Crippen molar-refractivity contribution in [2.24, 2.45) is 5.92 Å². The Morgan fingerprint density at radius 3 is 2.64 bits per heavy atom. The van der Waals surface area contributed by atoms with Crippen LogP contribution < -0.4 is 10.9 Å². The van der Waals surface area contributed by atoms with Gasteiger partial charge in [0.2, 0.25) is 11.8 Å². The van der Waals surface area contributed by atoms with Gasteiger partial charge < -0.3 is 0 Å².